The zero-order valence-electron chi connectivity index (χ0n) is 18.7. The predicted octanol–water partition coefficient (Wildman–Crippen LogP) is 1.52. The normalized spacial score (nSPS) is 10.6. The summed E-state index contributed by atoms with van der Waals surface area (Å²) in [7, 11) is 12.9. The average Bonchev–Trinajstić information content (AvgIpc) is 2.95. The Labute approximate surface area is 177 Å². The Bertz CT molecular complexity index is 841. The highest BCUT2D eigenvalue weighted by atomic mass is 16.5. The van der Waals surface area contributed by atoms with Gasteiger partial charge >= 0.3 is 0 Å². The van der Waals surface area contributed by atoms with Crippen LogP contribution in [0.3, 0.4) is 0 Å². The van der Waals surface area contributed by atoms with Crippen LogP contribution in [0, 0.1) is 0 Å². The maximum Gasteiger partial charge on any atom is 0.274 e. The topological polar surface area (TPSA) is 98.5 Å². The number of ether oxygens (including phenoxy) is 1. The third kappa shape index (κ3) is 6.23. The number of hydrogen-bond donors (Lipinski definition) is 2. The van der Waals surface area contributed by atoms with Crippen molar-refractivity contribution >= 4 is 12.2 Å². The minimum atomic E-state index is -0.625. The molecule has 0 aliphatic rings. The maximum atomic E-state index is 12.9. The minimum absolute atomic E-state index is 0.170. The molecule has 30 heavy (non-hydrogen) atoms. The van der Waals surface area contributed by atoms with Crippen LogP contribution in [0.2, 0.25) is 0 Å². The third-order valence-corrected chi connectivity index (χ3v) is 4.03. The van der Waals surface area contributed by atoms with E-state index in [4.69, 9.17) is 4.74 Å². The van der Waals surface area contributed by atoms with E-state index < -0.39 is 17.4 Å². The smallest absolute Gasteiger partial charge is 0.274 e. The second-order valence-electron chi connectivity index (χ2n) is 7.45. The second kappa shape index (κ2) is 11.2. The van der Waals surface area contributed by atoms with Crippen LogP contribution in [0.4, 0.5) is 0 Å². The quantitative estimate of drug-likeness (QED) is 0.656. The van der Waals surface area contributed by atoms with Crippen molar-refractivity contribution in [2.75, 3.05) is 62.5 Å². The van der Waals surface area contributed by atoms with Gasteiger partial charge in [-0.15, -0.1) is 0 Å². The first-order chi connectivity index (χ1) is 14.0. The molecule has 9 nitrogen and oxygen atoms in total. The largest absolute Gasteiger partial charge is 0.503 e. The summed E-state index contributed by atoms with van der Waals surface area (Å²) in [5, 5.41) is 20.4. The van der Waals surface area contributed by atoms with E-state index in [1.165, 1.54) is 16.6 Å². The number of amides is 1. The van der Waals surface area contributed by atoms with Crippen LogP contribution in [0.5, 0.6) is 17.2 Å². The molecule has 0 aliphatic heterocycles. The molecule has 1 heterocycles. The van der Waals surface area contributed by atoms with Crippen LogP contribution in [-0.4, -0.2) is 104 Å². The number of aldehydes is 1. The number of methoxy groups -OCH3 is 1. The maximum absolute atomic E-state index is 12.9. The molecule has 1 aromatic carbocycles. The lowest BCUT2D eigenvalue weighted by Crippen LogP contribution is -2.34. The number of aromatic hydroxyl groups is 2. The Morgan fingerprint density at radius 2 is 1.53 bits per heavy atom. The van der Waals surface area contributed by atoms with Crippen molar-refractivity contribution in [1.82, 2.24) is 19.3 Å². The molecule has 0 bridgehead atoms. The van der Waals surface area contributed by atoms with E-state index in [2.05, 4.69) is 0 Å². The molecule has 1 amide bonds. The first kappa shape index (κ1) is 25.0. The molecular formula is C21H32N4O5. The first-order valence-electron chi connectivity index (χ1n) is 9.32. The van der Waals surface area contributed by atoms with E-state index in [0.29, 0.717) is 30.8 Å². The zero-order valence-corrected chi connectivity index (χ0v) is 18.7. The van der Waals surface area contributed by atoms with Gasteiger partial charge in [-0.25, -0.2) is 0 Å². The molecule has 9 heteroatoms. The molecule has 166 valence electrons. The van der Waals surface area contributed by atoms with Crippen LogP contribution in [0.1, 0.15) is 21.0 Å². The van der Waals surface area contributed by atoms with Crippen molar-refractivity contribution in [3.63, 3.8) is 0 Å². The number of aromatic nitrogens is 1. The van der Waals surface area contributed by atoms with Gasteiger partial charge in [0.25, 0.3) is 5.91 Å². The van der Waals surface area contributed by atoms with Gasteiger partial charge in [-0.05, 0) is 59.5 Å². The van der Waals surface area contributed by atoms with Crippen LogP contribution >= 0.6 is 0 Å². The Morgan fingerprint density at radius 1 is 1.00 bits per heavy atom. The van der Waals surface area contributed by atoms with Gasteiger partial charge in [-0.3, -0.25) is 14.2 Å². The Morgan fingerprint density at radius 3 is 1.97 bits per heavy atom. The number of hydrogen-bond acceptors (Lipinski definition) is 7. The molecule has 0 aliphatic carbocycles. The highest BCUT2D eigenvalue weighted by Gasteiger charge is 2.29. The fourth-order valence-corrected chi connectivity index (χ4v) is 2.50. The van der Waals surface area contributed by atoms with Crippen molar-refractivity contribution in [1.29, 1.82) is 0 Å². The molecule has 0 fully saturated rings. The van der Waals surface area contributed by atoms with E-state index in [1.807, 2.05) is 45.0 Å². The summed E-state index contributed by atoms with van der Waals surface area (Å²) in [6.45, 7) is 1.04. The number of carbonyl (C=O) groups is 2. The number of likely N-dealkylation sites (N-methyl/N-ethyl adjacent to an activating group) is 2. The molecule has 2 aromatic rings. The summed E-state index contributed by atoms with van der Waals surface area (Å²) in [5.74, 6) is -1.16. The minimum Gasteiger partial charge on any atom is -0.503 e. The molecule has 0 unspecified atom stereocenters. The molecule has 1 aromatic heterocycles. The van der Waals surface area contributed by atoms with E-state index >= 15 is 0 Å². The molecule has 0 atom stereocenters. The van der Waals surface area contributed by atoms with Gasteiger partial charge in [0.1, 0.15) is 11.4 Å². The van der Waals surface area contributed by atoms with Crippen LogP contribution in [-0.2, 0) is 0 Å². The van der Waals surface area contributed by atoms with Crippen molar-refractivity contribution in [3.05, 3.63) is 35.7 Å². The van der Waals surface area contributed by atoms with Crippen molar-refractivity contribution in [2.45, 2.75) is 0 Å². The summed E-state index contributed by atoms with van der Waals surface area (Å²) in [6.07, 6.45) is 0.399. The fraction of sp³-hybridized carbons (Fsp3) is 0.429. The van der Waals surface area contributed by atoms with Gasteiger partial charge in [-0.1, -0.05) is 0 Å². The van der Waals surface area contributed by atoms with Gasteiger partial charge in [0.15, 0.2) is 23.5 Å². The summed E-state index contributed by atoms with van der Waals surface area (Å²) in [4.78, 5) is 29.7. The van der Waals surface area contributed by atoms with E-state index in [1.54, 1.807) is 31.3 Å². The van der Waals surface area contributed by atoms with E-state index in [0.717, 1.165) is 0 Å². The molecule has 2 rings (SSSR count). The molecule has 0 radical (unpaired) electrons. The van der Waals surface area contributed by atoms with Gasteiger partial charge in [0, 0.05) is 25.8 Å². The molecular weight excluding hydrogens is 388 g/mol. The number of rotatable bonds is 7. The highest BCUT2D eigenvalue weighted by Crippen LogP contribution is 2.38. The zero-order chi connectivity index (χ0) is 23.0. The van der Waals surface area contributed by atoms with Gasteiger partial charge in [0.05, 0.1) is 7.11 Å². The predicted molar refractivity (Wildman–Crippen MR) is 116 cm³/mol. The number of benzene rings is 1. The molecule has 0 spiro atoms. The Hall–Kier alpha value is -3.04. The number of carbonyl (C=O) groups excluding carboxylic acids is 2. The molecule has 0 saturated heterocycles. The molecule has 2 N–H and O–H groups in total. The fourth-order valence-electron chi connectivity index (χ4n) is 2.50. The highest BCUT2D eigenvalue weighted by molar-refractivity contribution is 6.00. The van der Waals surface area contributed by atoms with E-state index in [-0.39, 0.29) is 11.4 Å². The van der Waals surface area contributed by atoms with Crippen molar-refractivity contribution in [2.24, 2.45) is 0 Å². The van der Waals surface area contributed by atoms with Crippen LogP contribution < -0.4 is 4.74 Å². The van der Waals surface area contributed by atoms with Crippen LogP contribution in [0.25, 0.3) is 5.69 Å². The third-order valence-electron chi connectivity index (χ3n) is 4.03. The monoisotopic (exact) mass is 420 g/mol. The van der Waals surface area contributed by atoms with Gasteiger partial charge < -0.3 is 29.6 Å². The summed E-state index contributed by atoms with van der Waals surface area (Å²) < 4.78 is 6.35. The number of nitrogens with zero attached hydrogens (tertiary/aromatic N) is 4. The lowest BCUT2D eigenvalue weighted by atomic mass is 10.2. The van der Waals surface area contributed by atoms with E-state index in [9.17, 15) is 19.8 Å². The average molecular weight is 421 g/mol. The van der Waals surface area contributed by atoms with Crippen molar-refractivity contribution in [3.8, 4) is 22.9 Å². The summed E-state index contributed by atoms with van der Waals surface area (Å²) >= 11 is 0. The first-order valence-corrected chi connectivity index (χ1v) is 9.32. The summed E-state index contributed by atoms with van der Waals surface area (Å²) in [5.41, 5.74) is 0.0703. The van der Waals surface area contributed by atoms with Crippen molar-refractivity contribution < 1.29 is 24.5 Å². The standard InChI is InChI=1S/C18H23N3O5.C3H9N/c1-19(2)9-10-20(3)18(25)15-17(24)16(23)14(11-22)21(15)12-5-7-13(26-4)8-6-12;1-4(2)3/h5-8,11,23-24H,9-10H2,1-4H3;1-3H3. The SMILES string of the molecule is CN(C)C.COc1ccc(-n2c(C=O)c(O)c(O)c2C(=O)N(C)CCN(C)C)cc1. The summed E-state index contributed by atoms with van der Waals surface area (Å²) in [6, 6.07) is 6.56. The molecule has 0 saturated carbocycles. The lowest BCUT2D eigenvalue weighted by Gasteiger charge is -2.21. The Kier molecular flexibility index (Phi) is 9.35. The second-order valence-corrected chi connectivity index (χ2v) is 7.45. The van der Waals surface area contributed by atoms with Crippen LogP contribution in [0.15, 0.2) is 24.3 Å². The van der Waals surface area contributed by atoms with Gasteiger partial charge in [-0.2, -0.15) is 0 Å². The lowest BCUT2D eigenvalue weighted by molar-refractivity contribution is 0.0775. The Balaban J connectivity index is 0.00000103. The van der Waals surface area contributed by atoms with Gasteiger partial charge in [0.2, 0.25) is 0 Å².